The molecule has 0 saturated carbocycles. The van der Waals surface area contributed by atoms with Gasteiger partial charge in [-0.1, -0.05) is 13.8 Å². The summed E-state index contributed by atoms with van der Waals surface area (Å²) in [5, 5.41) is 6.73. The largest absolute Gasteiger partial charge is 0.386 e. The number of aromatic amines is 1. The number of rotatable bonds is 7. The van der Waals surface area contributed by atoms with E-state index >= 15 is 0 Å². The SMILES string of the molecule is C/C=C(/N)NCCCNC(=O)c1ccc(-n2cc3cc[nH]c3nc2=O)cc1.CC. The topological polar surface area (TPSA) is 118 Å². The summed E-state index contributed by atoms with van der Waals surface area (Å²) in [5.41, 5.74) is 6.99. The van der Waals surface area contributed by atoms with Gasteiger partial charge in [0, 0.05) is 36.4 Å². The Bertz CT molecular complexity index is 1020. The standard InChI is InChI=1S/C19H22N6O2.C2H6/c1-2-16(20)21-9-3-10-23-18(26)13-4-6-15(7-5-13)25-12-14-8-11-22-17(14)24-19(25)27;1-2/h2,4-8,11-12,21H,3,9-10,20H2,1H3,(H,23,26)(H,22,24,27);1-2H3/b16-2-;. The highest BCUT2D eigenvalue weighted by molar-refractivity contribution is 5.94. The van der Waals surface area contributed by atoms with E-state index in [-0.39, 0.29) is 11.6 Å². The Morgan fingerprint density at radius 1 is 1.17 bits per heavy atom. The average Bonchev–Trinajstić information content (AvgIpc) is 3.21. The van der Waals surface area contributed by atoms with Gasteiger partial charge in [-0.3, -0.25) is 9.36 Å². The molecule has 1 aromatic carbocycles. The van der Waals surface area contributed by atoms with Crippen molar-refractivity contribution in [2.45, 2.75) is 27.2 Å². The second-order valence-corrected chi connectivity index (χ2v) is 6.00. The number of hydrogen-bond donors (Lipinski definition) is 4. The molecule has 0 spiro atoms. The maximum absolute atomic E-state index is 12.2. The van der Waals surface area contributed by atoms with E-state index in [0.29, 0.717) is 35.8 Å². The van der Waals surface area contributed by atoms with Crippen LogP contribution in [0.15, 0.2) is 59.4 Å². The lowest BCUT2D eigenvalue weighted by Gasteiger charge is -2.09. The van der Waals surface area contributed by atoms with E-state index in [0.717, 1.165) is 11.8 Å². The van der Waals surface area contributed by atoms with Crippen molar-refractivity contribution in [3.63, 3.8) is 0 Å². The zero-order chi connectivity index (χ0) is 21.2. The maximum atomic E-state index is 12.2. The molecule has 0 aliphatic rings. The van der Waals surface area contributed by atoms with Crippen LogP contribution in [0.3, 0.4) is 0 Å². The quantitative estimate of drug-likeness (QED) is 0.457. The third kappa shape index (κ3) is 5.71. The van der Waals surface area contributed by atoms with Crippen LogP contribution in [-0.4, -0.2) is 33.5 Å². The number of allylic oxidation sites excluding steroid dienone is 1. The van der Waals surface area contributed by atoms with E-state index in [9.17, 15) is 9.59 Å². The summed E-state index contributed by atoms with van der Waals surface area (Å²) in [6, 6.07) is 8.68. The first-order valence-corrected chi connectivity index (χ1v) is 9.69. The van der Waals surface area contributed by atoms with Crippen LogP contribution in [0.1, 0.15) is 37.6 Å². The number of H-pyrrole nitrogens is 1. The molecule has 0 fully saturated rings. The van der Waals surface area contributed by atoms with Gasteiger partial charge >= 0.3 is 5.69 Å². The average molecular weight is 396 g/mol. The van der Waals surface area contributed by atoms with E-state index in [1.54, 1.807) is 42.7 Å². The zero-order valence-corrected chi connectivity index (χ0v) is 17.0. The number of fused-ring (bicyclic) bond motifs is 1. The van der Waals surface area contributed by atoms with Crippen molar-refractivity contribution in [3.05, 3.63) is 70.7 Å². The molecule has 2 aromatic heterocycles. The van der Waals surface area contributed by atoms with Crippen molar-refractivity contribution in [1.29, 1.82) is 0 Å². The fraction of sp³-hybridized carbons (Fsp3) is 0.286. The van der Waals surface area contributed by atoms with E-state index in [2.05, 4.69) is 20.6 Å². The number of amides is 1. The van der Waals surface area contributed by atoms with Crippen LogP contribution >= 0.6 is 0 Å². The number of carbonyl (C=O) groups excluding carboxylic acids is 1. The zero-order valence-electron chi connectivity index (χ0n) is 17.0. The highest BCUT2D eigenvalue weighted by Crippen LogP contribution is 2.11. The number of carbonyl (C=O) groups is 1. The molecule has 0 aliphatic heterocycles. The molecule has 5 N–H and O–H groups in total. The fourth-order valence-corrected chi connectivity index (χ4v) is 2.60. The summed E-state index contributed by atoms with van der Waals surface area (Å²) < 4.78 is 1.45. The predicted octanol–water partition coefficient (Wildman–Crippen LogP) is 2.27. The molecule has 29 heavy (non-hydrogen) atoms. The fourth-order valence-electron chi connectivity index (χ4n) is 2.60. The monoisotopic (exact) mass is 396 g/mol. The molecule has 0 radical (unpaired) electrons. The first-order chi connectivity index (χ1) is 14.1. The Balaban J connectivity index is 0.00000145. The normalized spacial score (nSPS) is 10.9. The third-order valence-electron chi connectivity index (χ3n) is 4.12. The van der Waals surface area contributed by atoms with Gasteiger partial charge in [-0.2, -0.15) is 4.98 Å². The number of nitrogens with one attached hydrogen (secondary N) is 3. The molecule has 154 valence electrons. The lowest BCUT2D eigenvalue weighted by atomic mass is 10.2. The van der Waals surface area contributed by atoms with Crippen LogP contribution in [0, 0.1) is 0 Å². The maximum Gasteiger partial charge on any atom is 0.354 e. The summed E-state index contributed by atoms with van der Waals surface area (Å²) >= 11 is 0. The third-order valence-corrected chi connectivity index (χ3v) is 4.12. The molecule has 3 aromatic rings. The second kappa shape index (κ2) is 10.7. The highest BCUT2D eigenvalue weighted by atomic mass is 16.2. The van der Waals surface area contributed by atoms with Gasteiger partial charge in [0.05, 0.1) is 11.5 Å². The summed E-state index contributed by atoms with van der Waals surface area (Å²) in [5.74, 6) is 0.464. The lowest BCUT2D eigenvalue weighted by molar-refractivity contribution is 0.0953. The van der Waals surface area contributed by atoms with Crippen LogP contribution in [0.4, 0.5) is 0 Å². The van der Waals surface area contributed by atoms with Crippen LogP contribution in [0.2, 0.25) is 0 Å². The van der Waals surface area contributed by atoms with E-state index in [1.165, 1.54) is 4.57 Å². The molecule has 0 atom stereocenters. The van der Waals surface area contributed by atoms with Crippen molar-refractivity contribution in [2.75, 3.05) is 13.1 Å². The van der Waals surface area contributed by atoms with Gasteiger partial charge in [-0.05, 0) is 49.8 Å². The lowest BCUT2D eigenvalue weighted by Crippen LogP contribution is -2.28. The van der Waals surface area contributed by atoms with Crippen LogP contribution in [-0.2, 0) is 0 Å². The molecule has 8 nitrogen and oxygen atoms in total. The first kappa shape index (κ1) is 21.7. The number of nitrogens with two attached hydrogens (primary N) is 1. The van der Waals surface area contributed by atoms with Crippen molar-refractivity contribution >= 4 is 16.9 Å². The second-order valence-electron chi connectivity index (χ2n) is 6.00. The smallest absolute Gasteiger partial charge is 0.354 e. The van der Waals surface area contributed by atoms with Gasteiger partial charge in [-0.25, -0.2) is 4.79 Å². The number of nitrogens with zero attached hydrogens (tertiary/aromatic N) is 2. The minimum atomic E-state index is -0.380. The van der Waals surface area contributed by atoms with Crippen molar-refractivity contribution < 1.29 is 4.79 Å². The Morgan fingerprint density at radius 2 is 1.86 bits per heavy atom. The number of aromatic nitrogens is 3. The summed E-state index contributed by atoms with van der Waals surface area (Å²) in [4.78, 5) is 31.3. The Hall–Kier alpha value is -3.55. The minimum absolute atomic E-state index is 0.160. The van der Waals surface area contributed by atoms with Crippen LogP contribution < -0.4 is 22.1 Å². The van der Waals surface area contributed by atoms with Gasteiger partial charge in [0.2, 0.25) is 0 Å². The molecule has 0 aliphatic carbocycles. The molecule has 2 heterocycles. The van der Waals surface area contributed by atoms with E-state index < -0.39 is 0 Å². The molecular formula is C21H28N6O2. The predicted molar refractivity (Wildman–Crippen MR) is 116 cm³/mol. The van der Waals surface area contributed by atoms with Gasteiger partial charge in [0.1, 0.15) is 5.65 Å². The van der Waals surface area contributed by atoms with Gasteiger partial charge in [0.25, 0.3) is 5.91 Å². The first-order valence-electron chi connectivity index (χ1n) is 9.69. The van der Waals surface area contributed by atoms with Gasteiger partial charge in [0.15, 0.2) is 0 Å². The van der Waals surface area contributed by atoms with E-state index in [4.69, 9.17) is 5.73 Å². The summed E-state index contributed by atoms with van der Waals surface area (Å²) in [6.45, 7) is 7.08. The molecule has 0 unspecified atom stereocenters. The number of hydrogen-bond acceptors (Lipinski definition) is 5. The van der Waals surface area contributed by atoms with Crippen molar-refractivity contribution in [3.8, 4) is 5.69 Å². The van der Waals surface area contributed by atoms with Gasteiger partial charge < -0.3 is 21.4 Å². The van der Waals surface area contributed by atoms with Crippen molar-refractivity contribution in [1.82, 2.24) is 25.2 Å². The molecule has 0 bridgehead atoms. The Labute approximate surface area is 169 Å². The van der Waals surface area contributed by atoms with Gasteiger partial charge in [-0.15, -0.1) is 0 Å². The highest BCUT2D eigenvalue weighted by Gasteiger charge is 2.08. The molecule has 3 rings (SSSR count). The molecule has 1 amide bonds. The minimum Gasteiger partial charge on any atom is -0.386 e. The molecule has 8 heteroatoms. The van der Waals surface area contributed by atoms with Crippen LogP contribution in [0.5, 0.6) is 0 Å². The molecule has 0 saturated heterocycles. The van der Waals surface area contributed by atoms with Crippen LogP contribution in [0.25, 0.3) is 16.7 Å². The van der Waals surface area contributed by atoms with Crippen molar-refractivity contribution in [2.24, 2.45) is 5.73 Å². The molecular weight excluding hydrogens is 368 g/mol. The summed E-state index contributed by atoms with van der Waals surface area (Å²) in [6.07, 6.45) is 6.00. The Morgan fingerprint density at radius 3 is 2.55 bits per heavy atom. The Kier molecular flexibility index (Phi) is 8.02. The summed E-state index contributed by atoms with van der Waals surface area (Å²) in [7, 11) is 0. The number of benzene rings is 1. The van der Waals surface area contributed by atoms with E-state index in [1.807, 2.05) is 26.8 Å².